The van der Waals surface area contributed by atoms with Gasteiger partial charge in [0.1, 0.15) is 19.0 Å². The number of hydrogen-bond donors (Lipinski definition) is 0. The highest BCUT2D eigenvalue weighted by molar-refractivity contribution is 5.55. The minimum atomic E-state index is 0.463. The van der Waals surface area contributed by atoms with Crippen LogP contribution in [0.4, 0.5) is 0 Å². The van der Waals surface area contributed by atoms with Gasteiger partial charge < -0.3 is 18.9 Å². The molecule has 4 nitrogen and oxygen atoms in total. The van der Waals surface area contributed by atoms with E-state index < -0.39 is 0 Å². The van der Waals surface area contributed by atoms with Crippen LogP contribution in [0, 0.1) is 0 Å². The van der Waals surface area contributed by atoms with Gasteiger partial charge in [-0.05, 0) is 48.7 Å². The first-order chi connectivity index (χ1) is 12.8. The molecule has 0 fully saturated rings. The summed E-state index contributed by atoms with van der Waals surface area (Å²) in [6.45, 7) is 6.13. The van der Waals surface area contributed by atoms with Crippen molar-refractivity contribution < 1.29 is 18.9 Å². The van der Waals surface area contributed by atoms with Crippen LogP contribution < -0.4 is 14.2 Å². The molecule has 0 bridgehead atoms. The third-order valence-corrected chi connectivity index (χ3v) is 3.86. The lowest BCUT2D eigenvalue weighted by molar-refractivity contribution is 0.0757. The zero-order valence-electron chi connectivity index (χ0n) is 15.9. The Hall–Kier alpha value is -2.46. The number of ether oxygens (including phenoxy) is 4. The minimum Gasteiger partial charge on any atom is -0.493 e. The van der Waals surface area contributed by atoms with Gasteiger partial charge in [-0.2, -0.15) is 0 Å². The Labute approximate surface area is 156 Å². The topological polar surface area (TPSA) is 36.9 Å². The van der Waals surface area contributed by atoms with Crippen molar-refractivity contribution in [3.63, 3.8) is 0 Å². The van der Waals surface area contributed by atoms with Crippen LogP contribution in [0.3, 0.4) is 0 Å². The predicted molar refractivity (Wildman–Crippen MR) is 105 cm³/mol. The van der Waals surface area contributed by atoms with E-state index in [2.05, 4.69) is 19.1 Å². The molecule has 2 rings (SSSR count). The van der Waals surface area contributed by atoms with Gasteiger partial charge in [0.15, 0.2) is 11.5 Å². The van der Waals surface area contributed by atoms with Crippen LogP contribution in [0.2, 0.25) is 0 Å². The molecule has 0 aromatic heterocycles. The van der Waals surface area contributed by atoms with Crippen LogP contribution in [0.15, 0.2) is 48.5 Å². The van der Waals surface area contributed by atoms with Gasteiger partial charge in [0.05, 0.1) is 20.3 Å². The Bertz CT molecular complexity index is 677. The molecule has 0 radical (unpaired) electrons. The molecule has 0 aliphatic carbocycles. The van der Waals surface area contributed by atoms with Crippen molar-refractivity contribution in [3.05, 3.63) is 59.7 Å². The van der Waals surface area contributed by atoms with Crippen LogP contribution >= 0.6 is 0 Å². The van der Waals surface area contributed by atoms with E-state index in [1.807, 2.05) is 49.4 Å². The van der Waals surface area contributed by atoms with Crippen molar-refractivity contribution in [1.82, 2.24) is 0 Å². The summed E-state index contributed by atoms with van der Waals surface area (Å²) >= 11 is 0. The first kappa shape index (κ1) is 19.9. The van der Waals surface area contributed by atoms with Gasteiger partial charge in [-0.15, -0.1) is 0 Å². The Morgan fingerprint density at radius 2 is 1.58 bits per heavy atom. The Kier molecular flexibility index (Phi) is 8.56. The predicted octanol–water partition coefficient (Wildman–Crippen LogP) is 4.77. The van der Waals surface area contributed by atoms with E-state index in [1.165, 1.54) is 5.56 Å². The Morgan fingerprint density at radius 3 is 2.23 bits per heavy atom. The number of allylic oxidation sites excluding steroid dienone is 1. The summed E-state index contributed by atoms with van der Waals surface area (Å²) in [7, 11) is 1.64. The number of methoxy groups -OCH3 is 1. The zero-order chi connectivity index (χ0) is 18.6. The van der Waals surface area contributed by atoms with E-state index in [0.29, 0.717) is 26.4 Å². The first-order valence-electron chi connectivity index (χ1n) is 8.99. The quantitative estimate of drug-likeness (QED) is 0.544. The molecule has 0 aliphatic rings. The van der Waals surface area contributed by atoms with Gasteiger partial charge in [-0.25, -0.2) is 0 Å². The van der Waals surface area contributed by atoms with Crippen molar-refractivity contribution in [1.29, 1.82) is 0 Å². The van der Waals surface area contributed by atoms with Crippen molar-refractivity contribution in [2.24, 2.45) is 0 Å². The highest BCUT2D eigenvalue weighted by Crippen LogP contribution is 2.28. The average molecular weight is 356 g/mol. The SMILES string of the molecule is CC=Cc1ccc(OCCOCCOc2ccc(CC)cc2)c(OC)c1. The van der Waals surface area contributed by atoms with Crippen LogP contribution in [0.25, 0.3) is 6.08 Å². The maximum atomic E-state index is 5.74. The summed E-state index contributed by atoms with van der Waals surface area (Å²) in [6.07, 6.45) is 5.04. The first-order valence-corrected chi connectivity index (χ1v) is 8.99. The smallest absolute Gasteiger partial charge is 0.161 e. The molecule has 0 aliphatic heterocycles. The van der Waals surface area contributed by atoms with E-state index in [4.69, 9.17) is 18.9 Å². The highest BCUT2D eigenvalue weighted by Gasteiger charge is 2.04. The van der Waals surface area contributed by atoms with Gasteiger partial charge in [0, 0.05) is 0 Å². The van der Waals surface area contributed by atoms with Crippen LogP contribution in [0.1, 0.15) is 25.0 Å². The molecule has 2 aromatic carbocycles. The summed E-state index contributed by atoms with van der Waals surface area (Å²) in [4.78, 5) is 0. The largest absolute Gasteiger partial charge is 0.493 e. The second-order valence-electron chi connectivity index (χ2n) is 5.72. The summed E-state index contributed by atoms with van der Waals surface area (Å²) < 4.78 is 22.3. The van der Waals surface area contributed by atoms with Crippen molar-refractivity contribution in [2.75, 3.05) is 33.5 Å². The van der Waals surface area contributed by atoms with Gasteiger partial charge >= 0.3 is 0 Å². The lowest BCUT2D eigenvalue weighted by atomic mass is 10.2. The number of rotatable bonds is 11. The van der Waals surface area contributed by atoms with E-state index >= 15 is 0 Å². The molecule has 0 spiro atoms. The highest BCUT2D eigenvalue weighted by atomic mass is 16.6. The Morgan fingerprint density at radius 1 is 0.846 bits per heavy atom. The van der Waals surface area contributed by atoms with E-state index in [0.717, 1.165) is 29.2 Å². The maximum absolute atomic E-state index is 5.74. The van der Waals surface area contributed by atoms with Gasteiger partial charge in [0.2, 0.25) is 0 Å². The van der Waals surface area contributed by atoms with Crippen LogP contribution in [-0.4, -0.2) is 33.5 Å². The monoisotopic (exact) mass is 356 g/mol. The normalized spacial score (nSPS) is 10.9. The molecular weight excluding hydrogens is 328 g/mol. The fourth-order valence-corrected chi connectivity index (χ4v) is 2.45. The number of benzene rings is 2. The summed E-state index contributed by atoms with van der Waals surface area (Å²) in [5.74, 6) is 2.31. The fraction of sp³-hybridized carbons (Fsp3) is 0.364. The summed E-state index contributed by atoms with van der Waals surface area (Å²) in [5, 5.41) is 0. The van der Waals surface area contributed by atoms with Crippen LogP contribution in [0.5, 0.6) is 17.2 Å². The third-order valence-electron chi connectivity index (χ3n) is 3.86. The fourth-order valence-electron chi connectivity index (χ4n) is 2.45. The molecule has 140 valence electrons. The molecule has 0 saturated heterocycles. The molecular formula is C22H28O4. The lowest BCUT2D eigenvalue weighted by Gasteiger charge is -2.12. The second kappa shape index (κ2) is 11.2. The van der Waals surface area contributed by atoms with Crippen molar-refractivity contribution in [2.45, 2.75) is 20.3 Å². The number of hydrogen-bond acceptors (Lipinski definition) is 4. The van der Waals surface area contributed by atoms with E-state index in [9.17, 15) is 0 Å². The molecule has 0 amide bonds. The van der Waals surface area contributed by atoms with Gasteiger partial charge in [-0.1, -0.05) is 37.3 Å². The summed E-state index contributed by atoms with van der Waals surface area (Å²) in [6, 6.07) is 14.0. The third kappa shape index (κ3) is 6.45. The van der Waals surface area contributed by atoms with E-state index in [1.54, 1.807) is 7.11 Å². The minimum absolute atomic E-state index is 0.463. The zero-order valence-corrected chi connectivity index (χ0v) is 15.9. The number of aryl methyl sites for hydroxylation is 1. The Balaban J connectivity index is 1.64. The van der Waals surface area contributed by atoms with Crippen molar-refractivity contribution >= 4 is 6.08 Å². The summed E-state index contributed by atoms with van der Waals surface area (Å²) in [5.41, 5.74) is 2.39. The maximum Gasteiger partial charge on any atom is 0.161 e. The van der Waals surface area contributed by atoms with Gasteiger partial charge in [0.25, 0.3) is 0 Å². The lowest BCUT2D eigenvalue weighted by Crippen LogP contribution is -2.12. The van der Waals surface area contributed by atoms with Gasteiger partial charge in [-0.3, -0.25) is 0 Å². The molecule has 0 atom stereocenters. The molecule has 0 unspecified atom stereocenters. The second-order valence-corrected chi connectivity index (χ2v) is 5.72. The molecule has 4 heteroatoms. The standard InChI is InChI=1S/C22H28O4/c1-4-6-19-9-12-21(22(17-19)23-3)26-16-14-24-13-15-25-20-10-7-18(5-2)8-11-20/h4,6-12,17H,5,13-16H2,1-3H3. The van der Waals surface area contributed by atoms with Crippen molar-refractivity contribution in [3.8, 4) is 17.2 Å². The molecule has 26 heavy (non-hydrogen) atoms. The molecule has 0 heterocycles. The van der Waals surface area contributed by atoms with E-state index in [-0.39, 0.29) is 0 Å². The average Bonchev–Trinajstić information content (AvgIpc) is 2.68. The molecule has 0 N–H and O–H groups in total. The molecule has 2 aromatic rings. The van der Waals surface area contributed by atoms with Crippen LogP contribution in [-0.2, 0) is 11.2 Å². The molecule has 0 saturated carbocycles.